The van der Waals surface area contributed by atoms with Gasteiger partial charge in [0.15, 0.2) is 0 Å². The topological polar surface area (TPSA) is 31.4 Å². The summed E-state index contributed by atoms with van der Waals surface area (Å²) in [7, 11) is -0.389. The van der Waals surface area contributed by atoms with Gasteiger partial charge in [0.1, 0.15) is 0 Å². The molecule has 96 valence electrons. The van der Waals surface area contributed by atoms with Gasteiger partial charge in [-0.1, -0.05) is 6.08 Å². The van der Waals surface area contributed by atoms with Crippen LogP contribution in [0.1, 0.15) is 33.3 Å². The first-order chi connectivity index (χ1) is 8.36. The highest BCUT2D eigenvalue weighted by atomic mass is 16.7. The summed E-state index contributed by atoms with van der Waals surface area (Å²) in [5.74, 6) is 0. The lowest BCUT2D eigenvalue weighted by Crippen LogP contribution is -2.41. The van der Waals surface area contributed by atoms with Crippen LogP contribution in [-0.4, -0.2) is 23.3 Å². The second-order valence-electron chi connectivity index (χ2n) is 5.67. The Kier molecular flexibility index (Phi) is 3.34. The minimum absolute atomic E-state index is 0.326. The van der Waals surface area contributed by atoms with Crippen LogP contribution in [0.3, 0.4) is 0 Å². The molecule has 0 radical (unpaired) electrons. The normalized spacial score (nSPS) is 21.0. The summed E-state index contributed by atoms with van der Waals surface area (Å²) in [4.78, 5) is 4.35. The number of nitrogens with zero attached hydrogens (tertiary/aromatic N) is 1. The average molecular weight is 245 g/mol. The molecule has 2 rings (SSSR count). The Morgan fingerprint density at radius 1 is 1.28 bits per heavy atom. The molecule has 18 heavy (non-hydrogen) atoms. The highest BCUT2D eigenvalue weighted by Gasteiger charge is 2.52. The van der Waals surface area contributed by atoms with Crippen LogP contribution in [-0.2, 0) is 15.7 Å². The second kappa shape index (κ2) is 4.52. The molecule has 1 fully saturated rings. The van der Waals surface area contributed by atoms with Crippen LogP contribution >= 0.6 is 0 Å². The maximum Gasteiger partial charge on any atom is 0.514 e. The summed E-state index contributed by atoms with van der Waals surface area (Å²) in [5.41, 5.74) is 1.35. The van der Waals surface area contributed by atoms with Crippen LogP contribution in [0.5, 0.6) is 0 Å². The highest BCUT2D eigenvalue weighted by Crippen LogP contribution is 2.36. The third-order valence-electron chi connectivity index (χ3n) is 3.72. The molecular formula is C14H20BNO2. The van der Waals surface area contributed by atoms with E-state index in [1.807, 2.05) is 45.9 Å². The minimum Gasteiger partial charge on any atom is -0.398 e. The van der Waals surface area contributed by atoms with E-state index in [-0.39, 0.29) is 18.3 Å². The Labute approximate surface area is 109 Å². The fourth-order valence-electron chi connectivity index (χ4n) is 1.88. The van der Waals surface area contributed by atoms with Gasteiger partial charge in [0, 0.05) is 6.20 Å². The molecule has 0 aliphatic carbocycles. The van der Waals surface area contributed by atoms with Crippen LogP contribution in [0, 0.1) is 0 Å². The van der Waals surface area contributed by atoms with Crippen molar-refractivity contribution in [2.75, 3.05) is 0 Å². The number of hydrogen-bond acceptors (Lipinski definition) is 3. The van der Waals surface area contributed by atoms with E-state index in [0.717, 1.165) is 12.0 Å². The predicted molar refractivity (Wildman–Crippen MR) is 73.9 cm³/mol. The van der Waals surface area contributed by atoms with E-state index in [1.54, 1.807) is 6.20 Å². The molecule has 1 saturated heterocycles. The highest BCUT2D eigenvalue weighted by molar-refractivity contribution is 6.61. The van der Waals surface area contributed by atoms with Gasteiger partial charge in [-0.3, -0.25) is 4.98 Å². The van der Waals surface area contributed by atoms with Crippen LogP contribution in [0.2, 0.25) is 0 Å². The molecule has 0 N–H and O–H groups in total. The van der Waals surface area contributed by atoms with Crippen molar-refractivity contribution in [2.45, 2.75) is 45.3 Å². The Morgan fingerprint density at radius 2 is 1.89 bits per heavy atom. The summed E-state index contributed by atoms with van der Waals surface area (Å²) >= 11 is 0. The van der Waals surface area contributed by atoms with E-state index in [1.165, 1.54) is 5.56 Å². The summed E-state index contributed by atoms with van der Waals surface area (Å²) in [5, 5.41) is 0. The van der Waals surface area contributed by atoms with Gasteiger partial charge in [0.25, 0.3) is 0 Å². The zero-order valence-electron chi connectivity index (χ0n) is 11.6. The molecule has 2 heterocycles. The molecule has 0 spiro atoms. The molecule has 1 aromatic heterocycles. The lowest BCUT2D eigenvalue weighted by Gasteiger charge is -2.32. The fraction of sp³-hybridized carbons (Fsp3) is 0.500. The van der Waals surface area contributed by atoms with Crippen LogP contribution in [0.15, 0.2) is 31.0 Å². The molecule has 1 aliphatic rings. The van der Waals surface area contributed by atoms with E-state index < -0.39 is 0 Å². The monoisotopic (exact) mass is 245 g/mol. The molecule has 1 aromatic rings. The van der Waals surface area contributed by atoms with Crippen molar-refractivity contribution in [1.29, 1.82) is 0 Å². The Balaban J connectivity index is 2.24. The number of pyridine rings is 1. The van der Waals surface area contributed by atoms with E-state index in [0.29, 0.717) is 0 Å². The zero-order valence-corrected chi connectivity index (χ0v) is 11.6. The maximum atomic E-state index is 5.97. The second-order valence-corrected chi connectivity index (χ2v) is 5.67. The Hall–Kier alpha value is -1.13. The van der Waals surface area contributed by atoms with E-state index in [4.69, 9.17) is 9.31 Å². The molecule has 0 aromatic carbocycles. The first kappa shape index (κ1) is 13.3. The maximum absolute atomic E-state index is 5.97. The predicted octanol–water partition coefficient (Wildman–Crippen LogP) is 2.11. The summed E-state index contributed by atoms with van der Waals surface area (Å²) < 4.78 is 11.9. The molecular weight excluding hydrogens is 225 g/mol. The molecule has 0 bridgehead atoms. The standard InChI is InChI=1S/C14H20BNO2/c1-6-7-11-8-9-16-12(10-11)15-17-13(2,3)14(4,5)18-15/h6,8-10H,1,7H2,2-5H3. The number of allylic oxidation sites excluding steroid dienone is 1. The van der Waals surface area contributed by atoms with Gasteiger partial charge in [0.05, 0.1) is 16.8 Å². The molecule has 3 nitrogen and oxygen atoms in total. The molecule has 0 amide bonds. The average Bonchev–Trinajstić information content (AvgIpc) is 2.49. The Bertz CT molecular complexity index is 441. The van der Waals surface area contributed by atoms with Crippen LogP contribution < -0.4 is 5.59 Å². The largest absolute Gasteiger partial charge is 0.514 e. The quantitative estimate of drug-likeness (QED) is 0.603. The number of hydrogen-bond donors (Lipinski definition) is 0. The number of rotatable bonds is 3. The lowest BCUT2D eigenvalue weighted by atomic mass is 9.83. The van der Waals surface area contributed by atoms with Gasteiger partial charge < -0.3 is 9.31 Å². The minimum atomic E-state index is -0.389. The molecule has 0 unspecified atom stereocenters. The van der Waals surface area contributed by atoms with Crippen LogP contribution in [0.25, 0.3) is 0 Å². The van der Waals surface area contributed by atoms with Crippen molar-refractivity contribution >= 4 is 12.7 Å². The van der Waals surface area contributed by atoms with E-state index in [2.05, 4.69) is 11.6 Å². The fourth-order valence-corrected chi connectivity index (χ4v) is 1.88. The van der Waals surface area contributed by atoms with Gasteiger partial charge in [-0.25, -0.2) is 0 Å². The van der Waals surface area contributed by atoms with Crippen molar-refractivity contribution in [1.82, 2.24) is 4.98 Å². The van der Waals surface area contributed by atoms with Crippen molar-refractivity contribution in [2.24, 2.45) is 0 Å². The third-order valence-corrected chi connectivity index (χ3v) is 3.72. The van der Waals surface area contributed by atoms with Crippen LogP contribution in [0.4, 0.5) is 0 Å². The van der Waals surface area contributed by atoms with Gasteiger partial charge in [-0.05, 0) is 51.8 Å². The third kappa shape index (κ3) is 2.35. The first-order valence-electron chi connectivity index (χ1n) is 6.27. The van der Waals surface area contributed by atoms with E-state index in [9.17, 15) is 0 Å². The summed E-state index contributed by atoms with van der Waals surface area (Å²) in [6.45, 7) is 11.9. The van der Waals surface area contributed by atoms with Crippen molar-refractivity contribution in [3.05, 3.63) is 36.5 Å². The summed E-state index contributed by atoms with van der Waals surface area (Å²) in [6.07, 6.45) is 4.50. The van der Waals surface area contributed by atoms with Crippen molar-refractivity contribution in [3.8, 4) is 0 Å². The first-order valence-corrected chi connectivity index (χ1v) is 6.27. The lowest BCUT2D eigenvalue weighted by molar-refractivity contribution is 0.00578. The van der Waals surface area contributed by atoms with Gasteiger partial charge in [-0.15, -0.1) is 6.58 Å². The van der Waals surface area contributed by atoms with Gasteiger partial charge in [0.2, 0.25) is 0 Å². The van der Waals surface area contributed by atoms with Gasteiger partial charge >= 0.3 is 7.12 Å². The smallest absolute Gasteiger partial charge is 0.398 e. The van der Waals surface area contributed by atoms with Gasteiger partial charge in [-0.2, -0.15) is 0 Å². The molecule has 0 saturated carbocycles. The molecule has 1 aliphatic heterocycles. The Morgan fingerprint density at radius 3 is 2.44 bits per heavy atom. The summed E-state index contributed by atoms with van der Waals surface area (Å²) in [6, 6.07) is 4.00. The van der Waals surface area contributed by atoms with E-state index >= 15 is 0 Å². The van der Waals surface area contributed by atoms with Crippen molar-refractivity contribution < 1.29 is 9.31 Å². The SMILES string of the molecule is C=CCc1ccnc(B2OC(C)(C)C(C)(C)O2)c1. The van der Waals surface area contributed by atoms with Crippen molar-refractivity contribution in [3.63, 3.8) is 0 Å². The zero-order chi connectivity index (χ0) is 13.4. The molecule has 0 atom stereocenters. The number of aromatic nitrogens is 1. The molecule has 4 heteroatoms.